The molecular formula is C20H26N2O8. The smallest absolute Gasteiger partial charge is 0.269 e. The Balaban J connectivity index is 2.46. The van der Waals surface area contributed by atoms with Gasteiger partial charge in [0.25, 0.3) is 11.6 Å². The highest BCUT2D eigenvalue weighted by Gasteiger charge is 2.38. The fourth-order valence-corrected chi connectivity index (χ4v) is 2.27. The molecular weight excluding hydrogens is 396 g/mol. The zero-order valence-electron chi connectivity index (χ0n) is 16.6. The van der Waals surface area contributed by atoms with Gasteiger partial charge in [0.05, 0.1) is 13.2 Å². The summed E-state index contributed by atoms with van der Waals surface area (Å²) in [5.41, 5.74) is 0. The third-order valence-corrected chi connectivity index (χ3v) is 3.88. The Labute approximate surface area is 173 Å². The fraction of sp³-hybridized carbons (Fsp3) is 0.400. The Morgan fingerprint density at radius 3 is 1.47 bits per heavy atom. The summed E-state index contributed by atoms with van der Waals surface area (Å²) in [5.74, 6) is -5.90. The van der Waals surface area contributed by atoms with E-state index in [2.05, 4.69) is 23.8 Å². The predicted octanol–water partition coefficient (Wildman–Crippen LogP) is 0.875. The van der Waals surface area contributed by atoms with Crippen LogP contribution in [0, 0.1) is 0 Å². The first-order chi connectivity index (χ1) is 14.3. The number of Topliss-reactive ketones (excluding diaryl/α,β-unsaturated/α-hetero) is 2. The minimum Gasteiger partial charge on any atom is -0.501 e. The van der Waals surface area contributed by atoms with E-state index in [1.807, 2.05) is 0 Å². The molecule has 1 rings (SSSR count). The minimum absolute atomic E-state index is 0.0116. The van der Waals surface area contributed by atoms with Crippen molar-refractivity contribution in [1.82, 2.24) is 10.6 Å². The van der Waals surface area contributed by atoms with Crippen molar-refractivity contribution in [3.8, 4) is 0 Å². The molecule has 0 saturated carbocycles. The number of hydrogen-bond donors (Lipinski definition) is 4. The first-order valence-electron chi connectivity index (χ1n) is 9.35. The summed E-state index contributed by atoms with van der Waals surface area (Å²) in [7, 11) is 0. The molecule has 1 aliphatic rings. The van der Waals surface area contributed by atoms with E-state index in [4.69, 9.17) is 9.47 Å². The first kappa shape index (κ1) is 24.5. The van der Waals surface area contributed by atoms with Crippen molar-refractivity contribution in [2.75, 3.05) is 26.3 Å². The van der Waals surface area contributed by atoms with Crippen LogP contribution in [-0.4, -0.2) is 59.9 Å². The third kappa shape index (κ3) is 7.46. The van der Waals surface area contributed by atoms with Crippen molar-refractivity contribution in [3.05, 3.63) is 48.3 Å². The molecule has 0 aromatic carbocycles. The summed E-state index contributed by atoms with van der Waals surface area (Å²) in [4.78, 5) is 46.3. The molecule has 0 aromatic rings. The number of nitrogens with one attached hydrogen (secondary N) is 2. The summed E-state index contributed by atoms with van der Waals surface area (Å²) in [6.07, 6.45) is 4.18. The van der Waals surface area contributed by atoms with E-state index in [-0.39, 0.29) is 25.0 Å². The van der Waals surface area contributed by atoms with Crippen LogP contribution in [0.25, 0.3) is 0 Å². The molecule has 0 radical (unpaired) electrons. The van der Waals surface area contributed by atoms with E-state index in [0.29, 0.717) is 38.8 Å². The van der Waals surface area contributed by atoms with Crippen molar-refractivity contribution in [3.63, 3.8) is 0 Å². The lowest BCUT2D eigenvalue weighted by atomic mass is 10.1. The van der Waals surface area contributed by atoms with E-state index < -0.39 is 34.6 Å². The van der Waals surface area contributed by atoms with Gasteiger partial charge in [-0.3, -0.25) is 19.2 Å². The molecule has 0 spiro atoms. The Morgan fingerprint density at radius 2 is 1.13 bits per heavy atom. The Hall–Kier alpha value is -3.56. The van der Waals surface area contributed by atoms with Crippen LogP contribution >= 0.6 is 0 Å². The Kier molecular flexibility index (Phi) is 10.5. The highest BCUT2D eigenvalue weighted by atomic mass is 16.5. The van der Waals surface area contributed by atoms with Gasteiger partial charge in [-0.15, -0.1) is 0 Å². The van der Waals surface area contributed by atoms with Crippen molar-refractivity contribution in [2.45, 2.75) is 25.7 Å². The summed E-state index contributed by atoms with van der Waals surface area (Å²) < 4.78 is 10.3. The van der Waals surface area contributed by atoms with Gasteiger partial charge in [0.1, 0.15) is 0 Å². The zero-order chi connectivity index (χ0) is 22.5. The molecule has 0 bridgehead atoms. The minimum atomic E-state index is -1.06. The molecule has 1 aliphatic carbocycles. The van der Waals surface area contributed by atoms with E-state index in [9.17, 15) is 29.4 Å². The highest BCUT2D eigenvalue weighted by Crippen LogP contribution is 2.24. The molecule has 0 aliphatic heterocycles. The topological polar surface area (TPSA) is 151 Å². The summed E-state index contributed by atoms with van der Waals surface area (Å²) >= 11 is 0. The highest BCUT2D eigenvalue weighted by molar-refractivity contribution is 6.21. The van der Waals surface area contributed by atoms with E-state index >= 15 is 0 Å². The normalized spacial score (nSPS) is 13.7. The quantitative estimate of drug-likeness (QED) is 0.183. The fourth-order valence-electron chi connectivity index (χ4n) is 2.27. The van der Waals surface area contributed by atoms with Crippen molar-refractivity contribution < 1.29 is 38.9 Å². The SMILES string of the molecule is C=CC(=O)NCCCCOC1=C(O)C(=O)C(OCCCCNC(=O)C=C)=C(O)C1=O. The molecule has 4 N–H and O–H groups in total. The number of carbonyl (C=O) groups is 4. The van der Waals surface area contributed by atoms with Crippen LogP contribution in [0.4, 0.5) is 0 Å². The van der Waals surface area contributed by atoms with Gasteiger partial charge in [0.2, 0.25) is 34.9 Å². The maximum absolute atomic E-state index is 12.2. The van der Waals surface area contributed by atoms with Gasteiger partial charge < -0.3 is 30.3 Å². The molecule has 0 unspecified atom stereocenters. The molecule has 0 saturated heterocycles. The molecule has 10 heteroatoms. The first-order valence-corrected chi connectivity index (χ1v) is 9.35. The molecule has 164 valence electrons. The number of aliphatic hydroxyl groups excluding tert-OH is 2. The maximum Gasteiger partial charge on any atom is 0.269 e. The number of ketones is 2. The number of ether oxygens (including phenoxy) is 2. The second kappa shape index (κ2) is 12.8. The van der Waals surface area contributed by atoms with Crippen molar-refractivity contribution in [1.29, 1.82) is 0 Å². The third-order valence-electron chi connectivity index (χ3n) is 3.88. The lowest BCUT2D eigenvalue weighted by Gasteiger charge is -2.18. The van der Waals surface area contributed by atoms with Gasteiger partial charge >= 0.3 is 0 Å². The average molecular weight is 422 g/mol. The van der Waals surface area contributed by atoms with Crippen LogP contribution in [0.2, 0.25) is 0 Å². The second-order valence-corrected chi connectivity index (χ2v) is 6.12. The maximum atomic E-state index is 12.2. The summed E-state index contributed by atoms with van der Waals surface area (Å²) in [6.45, 7) is 7.35. The summed E-state index contributed by atoms with van der Waals surface area (Å²) in [5, 5.41) is 25.1. The Morgan fingerprint density at radius 1 is 0.767 bits per heavy atom. The van der Waals surface area contributed by atoms with Gasteiger partial charge in [-0.25, -0.2) is 0 Å². The lowest BCUT2D eigenvalue weighted by molar-refractivity contribution is -0.125. The lowest BCUT2D eigenvalue weighted by Crippen LogP contribution is -2.27. The second-order valence-electron chi connectivity index (χ2n) is 6.12. The van der Waals surface area contributed by atoms with Crippen LogP contribution in [0.1, 0.15) is 25.7 Å². The molecule has 0 heterocycles. The number of aliphatic hydroxyl groups is 2. The molecule has 0 atom stereocenters. The average Bonchev–Trinajstić information content (AvgIpc) is 2.75. The largest absolute Gasteiger partial charge is 0.501 e. The van der Waals surface area contributed by atoms with Gasteiger partial charge in [0, 0.05) is 13.1 Å². The number of unbranched alkanes of at least 4 members (excludes halogenated alkanes) is 2. The molecule has 2 amide bonds. The van der Waals surface area contributed by atoms with Gasteiger partial charge in [-0.05, 0) is 37.8 Å². The molecule has 10 nitrogen and oxygen atoms in total. The zero-order valence-corrected chi connectivity index (χ0v) is 16.6. The monoisotopic (exact) mass is 422 g/mol. The standard InChI is InChI=1S/C20H26N2O8/c1-3-13(23)21-9-5-7-11-29-19-15(25)17(27)20(18(28)16(19)26)30-12-8-6-10-22-14(24)4-2/h3-4,25,28H,1-2,5-12H2,(H,21,23)(H,22,24). The summed E-state index contributed by atoms with van der Waals surface area (Å²) in [6, 6.07) is 0. The van der Waals surface area contributed by atoms with Crippen LogP contribution in [-0.2, 0) is 28.7 Å². The molecule has 30 heavy (non-hydrogen) atoms. The van der Waals surface area contributed by atoms with Crippen molar-refractivity contribution in [2.24, 2.45) is 0 Å². The molecule has 0 aromatic heterocycles. The van der Waals surface area contributed by atoms with E-state index in [0.717, 1.165) is 12.2 Å². The van der Waals surface area contributed by atoms with Crippen LogP contribution in [0.5, 0.6) is 0 Å². The number of amides is 2. The van der Waals surface area contributed by atoms with Crippen LogP contribution in [0.15, 0.2) is 48.3 Å². The van der Waals surface area contributed by atoms with Crippen LogP contribution < -0.4 is 10.6 Å². The number of hydrogen-bond acceptors (Lipinski definition) is 8. The van der Waals surface area contributed by atoms with Gasteiger partial charge in [-0.2, -0.15) is 0 Å². The van der Waals surface area contributed by atoms with Crippen LogP contribution in [0.3, 0.4) is 0 Å². The number of carbonyl (C=O) groups excluding carboxylic acids is 4. The predicted molar refractivity (Wildman–Crippen MR) is 106 cm³/mol. The van der Waals surface area contributed by atoms with E-state index in [1.54, 1.807) is 0 Å². The van der Waals surface area contributed by atoms with Gasteiger partial charge in [-0.1, -0.05) is 13.2 Å². The van der Waals surface area contributed by atoms with Crippen molar-refractivity contribution >= 4 is 23.4 Å². The molecule has 0 fully saturated rings. The Bertz CT molecular complexity index is 703. The van der Waals surface area contributed by atoms with Gasteiger partial charge in [0.15, 0.2) is 0 Å². The number of rotatable bonds is 14. The van der Waals surface area contributed by atoms with E-state index in [1.165, 1.54) is 0 Å².